The molecule has 0 N–H and O–H groups in total. The Kier molecular flexibility index (Phi) is 6.37. The Balaban J connectivity index is 3.13. The molecule has 0 amide bonds. The molecule has 3 nitrogen and oxygen atoms in total. The highest BCUT2D eigenvalue weighted by molar-refractivity contribution is 4.68. The van der Waals surface area contributed by atoms with Gasteiger partial charge in [-0.15, -0.1) is 0 Å². The van der Waals surface area contributed by atoms with Crippen LogP contribution in [0.5, 0.6) is 0 Å². The van der Waals surface area contributed by atoms with Gasteiger partial charge in [0.2, 0.25) is 0 Å². The summed E-state index contributed by atoms with van der Waals surface area (Å²) in [4.78, 5) is 5.21. The lowest BCUT2D eigenvalue weighted by Gasteiger charge is -2.07. The lowest BCUT2D eigenvalue weighted by Crippen LogP contribution is -2.18. The van der Waals surface area contributed by atoms with Crippen LogP contribution < -0.4 is 0 Å². The van der Waals surface area contributed by atoms with Crippen LogP contribution in [0.3, 0.4) is 0 Å². The quantitative estimate of drug-likeness (QED) is 0.440. The molecule has 0 heterocycles. The van der Waals surface area contributed by atoms with Crippen molar-refractivity contribution in [2.24, 2.45) is 0 Å². The van der Waals surface area contributed by atoms with E-state index in [4.69, 9.17) is 11.8 Å². The Labute approximate surface area is 68.0 Å². The Morgan fingerprint density at radius 2 is 2.27 bits per heavy atom. The average molecular weight is 151 g/mol. The summed E-state index contributed by atoms with van der Waals surface area (Å²) in [6, 6.07) is 2.09. The monoisotopic (exact) mass is 151 g/mol. The van der Waals surface area contributed by atoms with Crippen molar-refractivity contribution in [3.63, 3.8) is 0 Å². The summed E-state index contributed by atoms with van der Waals surface area (Å²) in [5.41, 5.74) is 0. The summed E-state index contributed by atoms with van der Waals surface area (Å²) in [6.07, 6.45) is 2.59. The van der Waals surface area contributed by atoms with Gasteiger partial charge in [0.25, 0.3) is 6.67 Å². The molecule has 0 aliphatic carbocycles. The van der Waals surface area contributed by atoms with Crippen LogP contribution in [0.15, 0.2) is 0 Å². The minimum absolute atomic E-state index is 0.465. The first kappa shape index (κ1) is 9.94. The van der Waals surface area contributed by atoms with Crippen LogP contribution in [0, 0.1) is 17.9 Å². The molecule has 0 saturated heterocycles. The van der Waals surface area contributed by atoms with Gasteiger partial charge in [0.15, 0.2) is 0 Å². The maximum Gasteiger partial charge on any atom is 0.270 e. The van der Waals surface area contributed by atoms with E-state index in [0.29, 0.717) is 13.1 Å². The van der Waals surface area contributed by atoms with E-state index in [1.165, 1.54) is 0 Å². The third-order valence-corrected chi connectivity index (χ3v) is 1.39. The number of hydrogen-bond donors (Lipinski definition) is 0. The molecule has 0 unspecified atom stereocenters. The molecule has 60 valence electrons. The van der Waals surface area contributed by atoms with Crippen molar-refractivity contribution in [1.82, 2.24) is 4.90 Å². The summed E-state index contributed by atoms with van der Waals surface area (Å²) in [7, 11) is 1.92. The summed E-state index contributed by atoms with van der Waals surface area (Å²) in [5.74, 6) is 0. The number of unbranched alkanes of at least 4 members (excludes halogenated alkanes) is 2. The van der Waals surface area contributed by atoms with Crippen LogP contribution in [-0.2, 0) is 0 Å². The molecule has 0 aromatic carbocycles. The molecule has 0 aromatic rings. The molecule has 11 heavy (non-hydrogen) atoms. The van der Waals surface area contributed by atoms with Crippen molar-refractivity contribution in [3.05, 3.63) is 11.4 Å². The van der Waals surface area contributed by atoms with E-state index in [0.717, 1.165) is 19.4 Å². The Hall–Kier alpha value is -1.06. The minimum Gasteiger partial charge on any atom is -0.299 e. The van der Waals surface area contributed by atoms with Crippen molar-refractivity contribution in [2.45, 2.75) is 19.3 Å². The van der Waals surface area contributed by atoms with Crippen molar-refractivity contribution in [1.29, 1.82) is 5.26 Å². The molecule has 0 spiro atoms. The molecule has 0 radical (unpaired) electrons. The van der Waals surface area contributed by atoms with Crippen molar-refractivity contribution >= 4 is 0 Å². The van der Waals surface area contributed by atoms with E-state index >= 15 is 0 Å². The molecular formula is C8H13N3. The van der Waals surface area contributed by atoms with Gasteiger partial charge in [0.1, 0.15) is 0 Å². The summed E-state index contributed by atoms with van der Waals surface area (Å²) < 4.78 is 0. The molecule has 0 rings (SSSR count). The van der Waals surface area contributed by atoms with Crippen LogP contribution in [0.2, 0.25) is 0 Å². The molecule has 0 aliphatic heterocycles. The zero-order valence-corrected chi connectivity index (χ0v) is 6.88. The predicted molar refractivity (Wildman–Crippen MR) is 43.6 cm³/mol. The third kappa shape index (κ3) is 6.83. The normalized spacial score (nSPS) is 9.09. The lowest BCUT2D eigenvalue weighted by molar-refractivity contribution is 0.359. The Morgan fingerprint density at radius 3 is 2.82 bits per heavy atom. The van der Waals surface area contributed by atoms with Gasteiger partial charge < -0.3 is 0 Å². The first-order valence-corrected chi connectivity index (χ1v) is 3.70. The van der Waals surface area contributed by atoms with Crippen LogP contribution in [0.1, 0.15) is 19.3 Å². The lowest BCUT2D eigenvalue weighted by atomic mass is 10.2. The van der Waals surface area contributed by atoms with E-state index in [9.17, 15) is 0 Å². The SMILES string of the molecule is [C-]#[N+]CN(C)CCCCC#N. The molecule has 0 aliphatic rings. The maximum absolute atomic E-state index is 8.22. The van der Waals surface area contributed by atoms with E-state index < -0.39 is 0 Å². The van der Waals surface area contributed by atoms with Crippen molar-refractivity contribution in [2.75, 3.05) is 20.3 Å². The second-order valence-corrected chi connectivity index (χ2v) is 2.49. The fraction of sp³-hybridized carbons (Fsp3) is 0.750. The molecule has 0 atom stereocenters. The number of nitrogens with zero attached hydrogens (tertiary/aromatic N) is 3. The Morgan fingerprint density at radius 1 is 1.55 bits per heavy atom. The van der Waals surface area contributed by atoms with Crippen LogP contribution in [0.25, 0.3) is 4.85 Å². The van der Waals surface area contributed by atoms with Gasteiger partial charge >= 0.3 is 0 Å². The van der Waals surface area contributed by atoms with Gasteiger partial charge in [-0.25, -0.2) is 11.5 Å². The maximum atomic E-state index is 8.22. The first-order valence-electron chi connectivity index (χ1n) is 3.70. The molecular weight excluding hydrogens is 138 g/mol. The minimum atomic E-state index is 0.465. The van der Waals surface area contributed by atoms with Gasteiger partial charge in [0.05, 0.1) is 6.07 Å². The highest BCUT2D eigenvalue weighted by atomic mass is 15.1. The third-order valence-electron chi connectivity index (χ3n) is 1.39. The fourth-order valence-corrected chi connectivity index (χ4v) is 0.777. The van der Waals surface area contributed by atoms with Gasteiger partial charge in [-0.2, -0.15) is 5.26 Å². The average Bonchev–Trinajstić information content (AvgIpc) is 1.99. The van der Waals surface area contributed by atoms with E-state index in [-0.39, 0.29) is 0 Å². The zero-order valence-electron chi connectivity index (χ0n) is 6.88. The number of hydrogen-bond acceptors (Lipinski definition) is 2. The van der Waals surface area contributed by atoms with Crippen LogP contribution >= 0.6 is 0 Å². The van der Waals surface area contributed by atoms with Crippen LogP contribution in [-0.4, -0.2) is 25.2 Å². The molecule has 0 bridgehead atoms. The van der Waals surface area contributed by atoms with E-state index in [2.05, 4.69) is 10.9 Å². The number of nitriles is 1. The molecule has 0 aromatic heterocycles. The topological polar surface area (TPSA) is 31.4 Å². The largest absolute Gasteiger partial charge is 0.299 e. The second-order valence-electron chi connectivity index (χ2n) is 2.49. The highest BCUT2D eigenvalue weighted by Crippen LogP contribution is 1.95. The summed E-state index contributed by atoms with van der Waals surface area (Å²) in [5, 5.41) is 8.22. The fourth-order valence-electron chi connectivity index (χ4n) is 0.777. The van der Waals surface area contributed by atoms with Gasteiger partial charge in [0, 0.05) is 13.0 Å². The molecule has 3 heteroatoms. The molecule has 0 fully saturated rings. The van der Waals surface area contributed by atoms with Crippen molar-refractivity contribution in [3.8, 4) is 6.07 Å². The zero-order chi connectivity index (χ0) is 8.53. The van der Waals surface area contributed by atoms with E-state index in [1.54, 1.807) is 0 Å². The summed E-state index contributed by atoms with van der Waals surface area (Å²) in [6.45, 7) is 7.97. The summed E-state index contributed by atoms with van der Waals surface area (Å²) >= 11 is 0. The molecule has 0 saturated carbocycles. The highest BCUT2D eigenvalue weighted by Gasteiger charge is 1.97. The predicted octanol–water partition coefficient (Wildman–Crippen LogP) is 1.49. The standard InChI is InChI=1S/C8H13N3/c1-10-8-11(2)7-5-3-4-6-9/h3-5,7-8H2,2H3. The van der Waals surface area contributed by atoms with Crippen molar-refractivity contribution < 1.29 is 0 Å². The second kappa shape index (κ2) is 7.05. The Bertz CT molecular complexity index is 163. The van der Waals surface area contributed by atoms with Gasteiger partial charge in [-0.1, -0.05) is 0 Å². The van der Waals surface area contributed by atoms with E-state index in [1.807, 2.05) is 11.9 Å². The van der Waals surface area contributed by atoms with Gasteiger partial charge in [-0.3, -0.25) is 4.85 Å². The number of rotatable bonds is 5. The first-order chi connectivity index (χ1) is 5.31. The van der Waals surface area contributed by atoms with Crippen LogP contribution in [0.4, 0.5) is 0 Å². The van der Waals surface area contributed by atoms with Gasteiger partial charge in [-0.05, 0) is 19.9 Å². The smallest absolute Gasteiger partial charge is 0.270 e.